The monoisotopic (exact) mass is 387 g/mol. The molecular formula is C19H22BrN3O. The summed E-state index contributed by atoms with van der Waals surface area (Å²) in [5.74, 6) is -0.138. The summed E-state index contributed by atoms with van der Waals surface area (Å²) in [6.07, 6.45) is 3.67. The minimum absolute atomic E-state index is 0.138. The van der Waals surface area contributed by atoms with Gasteiger partial charge in [-0.2, -0.15) is 0 Å². The van der Waals surface area contributed by atoms with E-state index in [4.69, 9.17) is 5.73 Å². The van der Waals surface area contributed by atoms with Crippen LogP contribution in [0.3, 0.4) is 0 Å². The highest BCUT2D eigenvalue weighted by molar-refractivity contribution is 9.10. The normalized spacial score (nSPS) is 17.6. The molecule has 3 rings (SSSR count). The molecule has 1 aliphatic heterocycles. The molecule has 1 atom stereocenters. The standard InChI is InChI=1S/C19H22BrN3O/c1-13-4-2-3-11-23(13)18-10-9-16(12-17(18)21)22-19(24)14-5-7-15(20)8-6-14/h5-10,12-13H,2-4,11,21H2,1H3,(H,22,24)/t13-/m1/s1. The van der Waals surface area contributed by atoms with Crippen LogP contribution >= 0.6 is 15.9 Å². The van der Waals surface area contributed by atoms with Crippen LogP contribution in [-0.2, 0) is 0 Å². The molecule has 2 aromatic rings. The Kier molecular flexibility index (Phi) is 5.09. The van der Waals surface area contributed by atoms with Gasteiger partial charge in [-0.05, 0) is 68.7 Å². The lowest BCUT2D eigenvalue weighted by Crippen LogP contribution is -2.37. The van der Waals surface area contributed by atoms with E-state index >= 15 is 0 Å². The first-order chi connectivity index (χ1) is 11.5. The lowest BCUT2D eigenvalue weighted by molar-refractivity contribution is 0.102. The van der Waals surface area contributed by atoms with E-state index in [1.165, 1.54) is 19.3 Å². The van der Waals surface area contributed by atoms with Crippen molar-refractivity contribution in [1.29, 1.82) is 0 Å². The molecule has 0 bridgehead atoms. The molecule has 5 heteroatoms. The van der Waals surface area contributed by atoms with Crippen molar-refractivity contribution in [3.8, 4) is 0 Å². The topological polar surface area (TPSA) is 58.4 Å². The maximum Gasteiger partial charge on any atom is 0.255 e. The maximum atomic E-state index is 12.3. The molecule has 1 saturated heterocycles. The zero-order valence-corrected chi connectivity index (χ0v) is 15.3. The smallest absolute Gasteiger partial charge is 0.255 e. The van der Waals surface area contributed by atoms with Crippen molar-refractivity contribution in [3.05, 3.63) is 52.5 Å². The van der Waals surface area contributed by atoms with Crippen LogP contribution in [0.25, 0.3) is 0 Å². The van der Waals surface area contributed by atoms with Gasteiger partial charge in [-0.3, -0.25) is 4.79 Å². The van der Waals surface area contributed by atoms with E-state index in [-0.39, 0.29) is 5.91 Å². The summed E-state index contributed by atoms with van der Waals surface area (Å²) in [5.41, 5.74) is 9.35. The number of amides is 1. The number of carbonyl (C=O) groups excluding carboxylic acids is 1. The van der Waals surface area contributed by atoms with E-state index < -0.39 is 0 Å². The molecule has 0 unspecified atom stereocenters. The molecule has 24 heavy (non-hydrogen) atoms. The van der Waals surface area contributed by atoms with Crippen LogP contribution in [0.4, 0.5) is 17.1 Å². The van der Waals surface area contributed by atoms with Gasteiger partial charge in [-0.25, -0.2) is 0 Å². The van der Waals surface area contributed by atoms with Gasteiger partial charge in [0.2, 0.25) is 0 Å². The summed E-state index contributed by atoms with van der Waals surface area (Å²) < 4.78 is 0.947. The molecule has 0 spiro atoms. The lowest BCUT2D eigenvalue weighted by Gasteiger charge is -2.36. The number of rotatable bonds is 3. The van der Waals surface area contributed by atoms with Gasteiger partial charge >= 0.3 is 0 Å². The number of nitrogens with two attached hydrogens (primary N) is 1. The van der Waals surface area contributed by atoms with E-state index in [0.717, 1.165) is 16.7 Å². The molecule has 0 aliphatic carbocycles. The Labute approximate surface area is 151 Å². The molecule has 126 valence electrons. The molecule has 3 N–H and O–H groups in total. The minimum Gasteiger partial charge on any atom is -0.397 e. The summed E-state index contributed by atoms with van der Waals surface area (Å²) >= 11 is 3.37. The third-order valence-electron chi connectivity index (χ3n) is 4.50. The van der Waals surface area contributed by atoms with E-state index in [1.807, 2.05) is 30.3 Å². The SMILES string of the molecule is C[C@@H]1CCCCN1c1ccc(NC(=O)c2ccc(Br)cc2)cc1N. The van der Waals surface area contributed by atoms with Crippen LogP contribution in [-0.4, -0.2) is 18.5 Å². The molecule has 0 radical (unpaired) electrons. The Balaban J connectivity index is 1.74. The van der Waals surface area contributed by atoms with Crippen LogP contribution in [0, 0.1) is 0 Å². The molecule has 1 fully saturated rings. The van der Waals surface area contributed by atoms with Crippen molar-refractivity contribution in [2.24, 2.45) is 0 Å². The van der Waals surface area contributed by atoms with Crippen LogP contribution in [0.1, 0.15) is 36.5 Å². The highest BCUT2D eigenvalue weighted by Crippen LogP contribution is 2.31. The number of carbonyl (C=O) groups is 1. The van der Waals surface area contributed by atoms with Crippen molar-refractivity contribution in [2.75, 3.05) is 22.5 Å². The molecule has 0 aromatic heterocycles. The van der Waals surface area contributed by atoms with Crippen LogP contribution < -0.4 is 16.0 Å². The number of nitrogens with one attached hydrogen (secondary N) is 1. The van der Waals surface area contributed by atoms with E-state index in [1.54, 1.807) is 12.1 Å². The second-order valence-electron chi connectivity index (χ2n) is 6.27. The number of benzene rings is 2. The van der Waals surface area contributed by atoms with Crippen molar-refractivity contribution in [1.82, 2.24) is 0 Å². The quantitative estimate of drug-likeness (QED) is 0.752. The van der Waals surface area contributed by atoms with Crippen molar-refractivity contribution in [2.45, 2.75) is 32.2 Å². The number of piperidine rings is 1. The lowest BCUT2D eigenvalue weighted by atomic mass is 10.0. The molecular weight excluding hydrogens is 366 g/mol. The van der Waals surface area contributed by atoms with Gasteiger partial charge in [0.05, 0.1) is 11.4 Å². The average molecular weight is 388 g/mol. The predicted molar refractivity (Wildman–Crippen MR) is 104 cm³/mol. The first-order valence-corrected chi connectivity index (χ1v) is 9.07. The zero-order chi connectivity index (χ0) is 17.1. The van der Waals surface area contributed by atoms with Crippen LogP contribution in [0.5, 0.6) is 0 Å². The van der Waals surface area contributed by atoms with Gasteiger partial charge in [-0.1, -0.05) is 15.9 Å². The second-order valence-corrected chi connectivity index (χ2v) is 7.19. The number of nitrogens with zero attached hydrogens (tertiary/aromatic N) is 1. The first kappa shape index (κ1) is 16.8. The number of hydrogen-bond donors (Lipinski definition) is 2. The predicted octanol–water partition coefficient (Wildman–Crippen LogP) is 4.66. The van der Waals surface area contributed by atoms with Gasteiger partial charge in [0.25, 0.3) is 5.91 Å². The minimum atomic E-state index is -0.138. The molecule has 1 heterocycles. The largest absolute Gasteiger partial charge is 0.397 e. The molecule has 4 nitrogen and oxygen atoms in total. The third kappa shape index (κ3) is 3.73. The Morgan fingerprint density at radius 2 is 1.96 bits per heavy atom. The van der Waals surface area contributed by atoms with Gasteiger partial charge in [0.1, 0.15) is 0 Å². The summed E-state index contributed by atoms with van der Waals surface area (Å²) in [4.78, 5) is 14.7. The molecule has 1 amide bonds. The molecule has 0 saturated carbocycles. The van der Waals surface area contributed by atoms with Gasteiger partial charge in [0.15, 0.2) is 0 Å². The van der Waals surface area contributed by atoms with Gasteiger partial charge < -0.3 is 16.0 Å². The summed E-state index contributed by atoms with van der Waals surface area (Å²) in [6.45, 7) is 3.28. The van der Waals surface area contributed by atoms with Gasteiger partial charge in [0, 0.05) is 28.3 Å². The maximum absolute atomic E-state index is 12.3. The van der Waals surface area contributed by atoms with Crippen molar-refractivity contribution in [3.63, 3.8) is 0 Å². The second kappa shape index (κ2) is 7.26. The van der Waals surface area contributed by atoms with E-state index in [0.29, 0.717) is 23.0 Å². The van der Waals surface area contributed by atoms with Crippen LogP contribution in [0.15, 0.2) is 46.9 Å². The zero-order valence-electron chi connectivity index (χ0n) is 13.8. The summed E-state index contributed by atoms with van der Waals surface area (Å²) in [5, 5.41) is 2.91. The Morgan fingerprint density at radius 3 is 2.62 bits per heavy atom. The average Bonchev–Trinajstić information content (AvgIpc) is 2.56. The number of halogens is 1. The first-order valence-electron chi connectivity index (χ1n) is 8.27. The highest BCUT2D eigenvalue weighted by atomic mass is 79.9. The fourth-order valence-electron chi connectivity index (χ4n) is 3.15. The Bertz CT molecular complexity index is 730. The van der Waals surface area contributed by atoms with Crippen LogP contribution in [0.2, 0.25) is 0 Å². The third-order valence-corrected chi connectivity index (χ3v) is 5.03. The highest BCUT2D eigenvalue weighted by Gasteiger charge is 2.20. The number of hydrogen-bond acceptors (Lipinski definition) is 3. The number of nitrogen functional groups attached to an aromatic ring is 1. The van der Waals surface area contributed by atoms with E-state index in [9.17, 15) is 4.79 Å². The fourth-order valence-corrected chi connectivity index (χ4v) is 3.42. The van der Waals surface area contributed by atoms with Crippen molar-refractivity contribution >= 4 is 38.9 Å². The van der Waals surface area contributed by atoms with Crippen molar-refractivity contribution < 1.29 is 4.79 Å². The Hall–Kier alpha value is -2.01. The summed E-state index contributed by atoms with van der Waals surface area (Å²) in [6, 6.07) is 13.5. The number of anilines is 3. The summed E-state index contributed by atoms with van der Waals surface area (Å²) in [7, 11) is 0. The van der Waals surface area contributed by atoms with Gasteiger partial charge in [-0.15, -0.1) is 0 Å². The van der Waals surface area contributed by atoms with E-state index in [2.05, 4.69) is 33.1 Å². The Morgan fingerprint density at radius 1 is 1.21 bits per heavy atom. The fraction of sp³-hybridized carbons (Fsp3) is 0.316. The molecule has 1 aliphatic rings. The molecule has 2 aromatic carbocycles.